The fraction of sp³-hybridized carbons (Fsp3) is 0.833. The predicted octanol–water partition coefficient (Wildman–Crippen LogP) is 2.73. The molecule has 0 aliphatic heterocycles. The highest BCUT2D eigenvalue weighted by molar-refractivity contribution is 7.99. The van der Waals surface area contributed by atoms with Crippen molar-refractivity contribution in [3.8, 4) is 0 Å². The van der Waals surface area contributed by atoms with Gasteiger partial charge in [-0.05, 0) is 6.42 Å². The molecule has 0 aliphatic carbocycles. The standard InChI is InChI=1S/C12H24N4S/c1-3-4-5-6-7-8-9-17-12-15-14-11(10-13)16(12)2/h3-10,13H2,1-2H3. The van der Waals surface area contributed by atoms with Gasteiger partial charge in [0.05, 0.1) is 6.54 Å². The van der Waals surface area contributed by atoms with Crippen LogP contribution in [0.5, 0.6) is 0 Å². The summed E-state index contributed by atoms with van der Waals surface area (Å²) < 4.78 is 1.99. The second-order valence-electron chi connectivity index (χ2n) is 4.28. The quantitative estimate of drug-likeness (QED) is 0.545. The van der Waals surface area contributed by atoms with Crippen molar-refractivity contribution in [2.24, 2.45) is 12.8 Å². The number of hydrogen-bond donors (Lipinski definition) is 1. The lowest BCUT2D eigenvalue weighted by atomic mass is 10.1. The van der Waals surface area contributed by atoms with E-state index >= 15 is 0 Å². The zero-order valence-electron chi connectivity index (χ0n) is 11.0. The normalized spacial score (nSPS) is 11.0. The second-order valence-corrected chi connectivity index (χ2v) is 5.34. The van der Waals surface area contributed by atoms with Crippen LogP contribution in [0.25, 0.3) is 0 Å². The van der Waals surface area contributed by atoms with E-state index in [0.717, 1.165) is 16.7 Å². The molecule has 1 rings (SSSR count). The number of thioether (sulfide) groups is 1. The summed E-state index contributed by atoms with van der Waals surface area (Å²) in [6, 6.07) is 0. The van der Waals surface area contributed by atoms with Crippen molar-refractivity contribution in [3.63, 3.8) is 0 Å². The van der Waals surface area contributed by atoms with Crippen molar-refractivity contribution in [3.05, 3.63) is 5.82 Å². The number of hydrogen-bond acceptors (Lipinski definition) is 4. The summed E-state index contributed by atoms with van der Waals surface area (Å²) in [4.78, 5) is 0. The van der Waals surface area contributed by atoms with Gasteiger partial charge in [0.1, 0.15) is 5.82 Å². The minimum atomic E-state index is 0.459. The van der Waals surface area contributed by atoms with Gasteiger partial charge in [-0.3, -0.25) is 0 Å². The molecule has 5 heteroatoms. The Hall–Kier alpha value is -0.550. The van der Waals surface area contributed by atoms with E-state index in [1.807, 2.05) is 11.6 Å². The zero-order valence-corrected chi connectivity index (χ0v) is 11.8. The van der Waals surface area contributed by atoms with E-state index in [0.29, 0.717) is 6.54 Å². The summed E-state index contributed by atoms with van der Waals surface area (Å²) in [7, 11) is 1.98. The number of nitrogens with zero attached hydrogens (tertiary/aromatic N) is 3. The highest BCUT2D eigenvalue weighted by Gasteiger charge is 2.06. The molecular weight excluding hydrogens is 232 g/mol. The lowest BCUT2D eigenvalue weighted by Crippen LogP contribution is -2.05. The van der Waals surface area contributed by atoms with E-state index < -0.39 is 0 Å². The second kappa shape index (κ2) is 8.53. The van der Waals surface area contributed by atoms with Crippen molar-refractivity contribution in [1.82, 2.24) is 14.8 Å². The Morgan fingerprint density at radius 1 is 1.12 bits per heavy atom. The first-order valence-corrected chi connectivity index (χ1v) is 7.49. The fourth-order valence-corrected chi connectivity index (χ4v) is 2.62. The average molecular weight is 256 g/mol. The van der Waals surface area contributed by atoms with E-state index in [-0.39, 0.29) is 0 Å². The van der Waals surface area contributed by atoms with Crippen molar-refractivity contribution in [2.45, 2.75) is 57.1 Å². The maximum atomic E-state index is 5.55. The third-order valence-electron chi connectivity index (χ3n) is 2.84. The average Bonchev–Trinajstić information content (AvgIpc) is 2.69. The molecule has 0 saturated heterocycles. The summed E-state index contributed by atoms with van der Waals surface area (Å²) in [6.45, 7) is 2.71. The lowest BCUT2D eigenvalue weighted by molar-refractivity contribution is 0.626. The molecule has 0 aromatic carbocycles. The Labute approximate surface area is 108 Å². The van der Waals surface area contributed by atoms with Crippen LogP contribution in [0.1, 0.15) is 51.3 Å². The van der Waals surface area contributed by atoms with E-state index in [4.69, 9.17) is 5.73 Å². The molecular formula is C12H24N4S. The van der Waals surface area contributed by atoms with Crippen LogP contribution in [-0.2, 0) is 13.6 Å². The molecule has 4 nitrogen and oxygen atoms in total. The van der Waals surface area contributed by atoms with Gasteiger partial charge in [-0.25, -0.2) is 0 Å². The molecule has 0 saturated carbocycles. The van der Waals surface area contributed by atoms with E-state index in [9.17, 15) is 0 Å². The van der Waals surface area contributed by atoms with Crippen molar-refractivity contribution in [2.75, 3.05) is 5.75 Å². The molecule has 0 amide bonds. The van der Waals surface area contributed by atoms with Crippen LogP contribution < -0.4 is 5.73 Å². The molecule has 98 valence electrons. The monoisotopic (exact) mass is 256 g/mol. The van der Waals surface area contributed by atoms with Crippen LogP contribution in [-0.4, -0.2) is 20.5 Å². The van der Waals surface area contributed by atoms with Gasteiger partial charge in [0.2, 0.25) is 0 Å². The summed E-state index contributed by atoms with van der Waals surface area (Å²) >= 11 is 1.78. The van der Waals surface area contributed by atoms with E-state index in [1.54, 1.807) is 11.8 Å². The largest absolute Gasteiger partial charge is 0.324 e. The third-order valence-corrected chi connectivity index (χ3v) is 3.94. The van der Waals surface area contributed by atoms with Gasteiger partial charge >= 0.3 is 0 Å². The number of aromatic nitrogens is 3. The molecule has 0 radical (unpaired) electrons. The Morgan fingerprint density at radius 3 is 2.47 bits per heavy atom. The molecule has 0 aliphatic rings. The van der Waals surface area contributed by atoms with Crippen LogP contribution >= 0.6 is 11.8 Å². The van der Waals surface area contributed by atoms with E-state index in [1.165, 1.54) is 38.5 Å². The first-order chi connectivity index (χ1) is 8.29. The molecule has 1 heterocycles. The van der Waals surface area contributed by atoms with Crippen LogP contribution in [0.15, 0.2) is 5.16 Å². The Morgan fingerprint density at radius 2 is 1.82 bits per heavy atom. The van der Waals surface area contributed by atoms with Crippen molar-refractivity contribution in [1.29, 1.82) is 0 Å². The Kier molecular flexibility index (Phi) is 7.28. The highest BCUT2D eigenvalue weighted by atomic mass is 32.2. The van der Waals surface area contributed by atoms with Crippen LogP contribution in [0, 0.1) is 0 Å². The number of unbranched alkanes of at least 4 members (excludes halogenated alkanes) is 5. The van der Waals surface area contributed by atoms with Gasteiger partial charge in [0.25, 0.3) is 0 Å². The van der Waals surface area contributed by atoms with Crippen LogP contribution in [0.2, 0.25) is 0 Å². The summed E-state index contributed by atoms with van der Waals surface area (Å²) in [5.41, 5.74) is 5.55. The lowest BCUT2D eigenvalue weighted by Gasteiger charge is -2.02. The smallest absolute Gasteiger partial charge is 0.190 e. The molecule has 0 fully saturated rings. The maximum Gasteiger partial charge on any atom is 0.190 e. The third kappa shape index (κ3) is 5.08. The van der Waals surface area contributed by atoms with Crippen molar-refractivity contribution >= 4 is 11.8 Å². The molecule has 2 N–H and O–H groups in total. The predicted molar refractivity (Wildman–Crippen MR) is 73.0 cm³/mol. The SMILES string of the molecule is CCCCCCCCSc1nnc(CN)n1C. The number of rotatable bonds is 9. The molecule has 0 atom stereocenters. The molecule has 1 aromatic heterocycles. The van der Waals surface area contributed by atoms with Gasteiger partial charge < -0.3 is 10.3 Å². The summed E-state index contributed by atoms with van der Waals surface area (Å²) in [5.74, 6) is 1.98. The highest BCUT2D eigenvalue weighted by Crippen LogP contribution is 2.18. The zero-order chi connectivity index (χ0) is 12.5. The molecule has 17 heavy (non-hydrogen) atoms. The van der Waals surface area contributed by atoms with Gasteiger partial charge in [0.15, 0.2) is 5.16 Å². The van der Waals surface area contributed by atoms with Crippen LogP contribution in [0.4, 0.5) is 0 Å². The molecule has 1 aromatic rings. The van der Waals surface area contributed by atoms with E-state index in [2.05, 4.69) is 17.1 Å². The topological polar surface area (TPSA) is 56.7 Å². The minimum absolute atomic E-state index is 0.459. The van der Waals surface area contributed by atoms with Crippen LogP contribution in [0.3, 0.4) is 0 Å². The fourth-order valence-electron chi connectivity index (χ4n) is 1.69. The Balaban J connectivity index is 2.11. The first-order valence-electron chi connectivity index (χ1n) is 6.50. The Bertz CT molecular complexity index is 311. The van der Waals surface area contributed by atoms with Gasteiger partial charge in [-0.2, -0.15) is 0 Å². The minimum Gasteiger partial charge on any atom is -0.324 e. The molecule has 0 spiro atoms. The first kappa shape index (κ1) is 14.5. The molecule has 0 unspecified atom stereocenters. The summed E-state index contributed by atoms with van der Waals surface area (Å²) in [5, 5.41) is 9.16. The summed E-state index contributed by atoms with van der Waals surface area (Å²) in [6.07, 6.45) is 8.02. The maximum absolute atomic E-state index is 5.55. The van der Waals surface area contributed by atoms with Crippen molar-refractivity contribution < 1.29 is 0 Å². The van der Waals surface area contributed by atoms with Gasteiger partial charge in [-0.1, -0.05) is 50.8 Å². The molecule has 0 bridgehead atoms. The van der Waals surface area contributed by atoms with Gasteiger partial charge in [-0.15, -0.1) is 10.2 Å². The number of nitrogens with two attached hydrogens (primary N) is 1. The van der Waals surface area contributed by atoms with Gasteiger partial charge in [0, 0.05) is 12.8 Å².